The number of carbonyl (C=O) groups is 1. The molecule has 0 spiro atoms. The number of carbonyl (C=O) groups excluding carboxylic acids is 1. The molecule has 138 valence electrons. The average molecular weight is 369 g/mol. The Labute approximate surface area is 163 Å². The summed E-state index contributed by atoms with van der Waals surface area (Å²) in [6.45, 7) is 0.643. The van der Waals surface area contributed by atoms with Gasteiger partial charge < -0.3 is 10.1 Å². The molecule has 0 saturated carbocycles. The topological polar surface area (TPSA) is 56.2 Å². The van der Waals surface area contributed by atoms with Crippen molar-refractivity contribution in [1.82, 2.24) is 9.78 Å². The molecule has 0 aliphatic heterocycles. The summed E-state index contributed by atoms with van der Waals surface area (Å²) in [6.07, 6.45) is 3.65. The van der Waals surface area contributed by atoms with Gasteiger partial charge in [0.15, 0.2) is 0 Å². The highest BCUT2D eigenvalue weighted by Gasteiger charge is 2.13. The van der Waals surface area contributed by atoms with Crippen molar-refractivity contribution in [2.75, 3.05) is 5.32 Å². The average Bonchev–Trinajstić information content (AvgIpc) is 3.22. The van der Waals surface area contributed by atoms with Crippen LogP contribution in [0, 0.1) is 0 Å². The molecule has 5 nitrogen and oxygen atoms in total. The molecule has 4 rings (SSSR count). The molecule has 28 heavy (non-hydrogen) atoms. The van der Waals surface area contributed by atoms with E-state index < -0.39 is 0 Å². The summed E-state index contributed by atoms with van der Waals surface area (Å²) >= 11 is 0. The van der Waals surface area contributed by atoms with E-state index in [1.54, 1.807) is 18.3 Å². The van der Waals surface area contributed by atoms with Gasteiger partial charge in [0.25, 0.3) is 5.91 Å². The van der Waals surface area contributed by atoms with Crippen molar-refractivity contribution < 1.29 is 9.53 Å². The fourth-order valence-electron chi connectivity index (χ4n) is 2.89. The van der Waals surface area contributed by atoms with Crippen LogP contribution < -0.4 is 10.1 Å². The van der Waals surface area contributed by atoms with Crippen molar-refractivity contribution >= 4 is 11.6 Å². The quantitative estimate of drug-likeness (QED) is 0.522. The van der Waals surface area contributed by atoms with Gasteiger partial charge in [0.2, 0.25) is 0 Å². The smallest absolute Gasteiger partial charge is 0.259 e. The van der Waals surface area contributed by atoms with Gasteiger partial charge in [-0.1, -0.05) is 42.5 Å². The fourth-order valence-corrected chi connectivity index (χ4v) is 2.89. The summed E-state index contributed by atoms with van der Waals surface area (Å²) in [4.78, 5) is 12.8. The van der Waals surface area contributed by atoms with Crippen LogP contribution >= 0.6 is 0 Å². The summed E-state index contributed by atoms with van der Waals surface area (Å²) in [7, 11) is 0. The minimum absolute atomic E-state index is 0.220. The molecule has 5 heteroatoms. The van der Waals surface area contributed by atoms with Gasteiger partial charge in [-0.2, -0.15) is 5.10 Å². The molecule has 0 saturated heterocycles. The lowest BCUT2D eigenvalue weighted by Gasteiger charge is -2.12. The van der Waals surface area contributed by atoms with Crippen LogP contribution in [0.15, 0.2) is 97.3 Å². The Morgan fingerprint density at radius 2 is 1.75 bits per heavy atom. The SMILES string of the molecule is O=C(Nc1cccc(Cn2cccn2)c1)c1ccccc1Oc1ccccc1. The normalized spacial score (nSPS) is 10.4. The van der Waals surface area contributed by atoms with E-state index >= 15 is 0 Å². The highest BCUT2D eigenvalue weighted by molar-refractivity contribution is 6.06. The van der Waals surface area contributed by atoms with E-state index in [1.165, 1.54) is 0 Å². The van der Waals surface area contributed by atoms with E-state index in [-0.39, 0.29) is 5.91 Å². The van der Waals surface area contributed by atoms with Gasteiger partial charge in [-0.3, -0.25) is 9.48 Å². The van der Waals surface area contributed by atoms with E-state index in [1.807, 2.05) is 83.7 Å². The predicted octanol–water partition coefficient (Wildman–Crippen LogP) is 4.98. The molecule has 3 aromatic carbocycles. The van der Waals surface area contributed by atoms with Gasteiger partial charge in [0, 0.05) is 18.1 Å². The van der Waals surface area contributed by atoms with Gasteiger partial charge in [0.1, 0.15) is 11.5 Å². The Morgan fingerprint density at radius 1 is 0.929 bits per heavy atom. The number of amides is 1. The van der Waals surface area contributed by atoms with E-state index in [9.17, 15) is 4.79 Å². The number of nitrogens with zero attached hydrogens (tertiary/aromatic N) is 2. The maximum atomic E-state index is 12.8. The third-order valence-electron chi connectivity index (χ3n) is 4.19. The zero-order chi connectivity index (χ0) is 19.2. The predicted molar refractivity (Wildman–Crippen MR) is 109 cm³/mol. The van der Waals surface area contributed by atoms with E-state index in [2.05, 4.69) is 10.4 Å². The van der Waals surface area contributed by atoms with Crippen LogP contribution in [0.3, 0.4) is 0 Å². The van der Waals surface area contributed by atoms with Crippen LogP contribution in [-0.4, -0.2) is 15.7 Å². The minimum Gasteiger partial charge on any atom is -0.457 e. The Morgan fingerprint density at radius 3 is 2.57 bits per heavy atom. The number of aromatic nitrogens is 2. The van der Waals surface area contributed by atoms with Gasteiger partial charge in [0.05, 0.1) is 12.1 Å². The van der Waals surface area contributed by atoms with Crippen LogP contribution in [-0.2, 0) is 6.54 Å². The van der Waals surface area contributed by atoms with E-state index in [4.69, 9.17) is 4.74 Å². The number of nitrogens with one attached hydrogen (secondary N) is 1. The van der Waals surface area contributed by atoms with Gasteiger partial charge in [-0.15, -0.1) is 0 Å². The molecule has 0 aliphatic carbocycles. The van der Waals surface area contributed by atoms with Crippen molar-refractivity contribution in [3.63, 3.8) is 0 Å². The zero-order valence-corrected chi connectivity index (χ0v) is 15.2. The third-order valence-corrected chi connectivity index (χ3v) is 4.19. The number of ether oxygens (including phenoxy) is 1. The highest BCUT2D eigenvalue weighted by Crippen LogP contribution is 2.26. The first-order valence-electron chi connectivity index (χ1n) is 8.97. The second kappa shape index (κ2) is 8.22. The molecule has 0 atom stereocenters. The largest absolute Gasteiger partial charge is 0.457 e. The van der Waals surface area contributed by atoms with Gasteiger partial charge in [-0.05, 0) is 48.0 Å². The highest BCUT2D eigenvalue weighted by atomic mass is 16.5. The summed E-state index contributed by atoms with van der Waals surface area (Å²) in [5, 5.41) is 7.17. The lowest BCUT2D eigenvalue weighted by atomic mass is 10.1. The molecule has 4 aromatic rings. The maximum Gasteiger partial charge on any atom is 0.259 e. The van der Waals surface area contributed by atoms with Crippen LogP contribution in [0.5, 0.6) is 11.5 Å². The molecule has 0 unspecified atom stereocenters. The zero-order valence-electron chi connectivity index (χ0n) is 15.2. The number of hydrogen-bond acceptors (Lipinski definition) is 3. The van der Waals surface area contributed by atoms with Crippen molar-refractivity contribution in [3.05, 3.63) is 108 Å². The van der Waals surface area contributed by atoms with Crippen LogP contribution in [0.25, 0.3) is 0 Å². The summed E-state index contributed by atoms with van der Waals surface area (Å²) in [5.74, 6) is 0.977. The summed E-state index contributed by atoms with van der Waals surface area (Å²) < 4.78 is 7.73. The first-order valence-corrected chi connectivity index (χ1v) is 8.97. The monoisotopic (exact) mass is 369 g/mol. The third kappa shape index (κ3) is 4.27. The van der Waals surface area contributed by atoms with E-state index in [0.29, 0.717) is 23.6 Å². The molecule has 1 N–H and O–H groups in total. The molecule has 0 aliphatic rings. The van der Waals surface area contributed by atoms with Crippen molar-refractivity contribution in [3.8, 4) is 11.5 Å². The number of benzene rings is 3. The summed E-state index contributed by atoms with van der Waals surface area (Å²) in [6, 6.07) is 26.2. The second-order valence-corrected chi connectivity index (χ2v) is 6.27. The number of rotatable bonds is 6. The van der Waals surface area contributed by atoms with Crippen molar-refractivity contribution in [2.45, 2.75) is 6.54 Å². The molecular formula is C23H19N3O2. The minimum atomic E-state index is -0.220. The Hall–Kier alpha value is -3.86. The molecule has 1 amide bonds. The van der Waals surface area contributed by atoms with Crippen LogP contribution in [0.4, 0.5) is 5.69 Å². The lowest BCUT2D eigenvalue weighted by molar-refractivity contribution is 0.102. The van der Waals surface area contributed by atoms with Crippen molar-refractivity contribution in [2.24, 2.45) is 0 Å². The van der Waals surface area contributed by atoms with Gasteiger partial charge in [-0.25, -0.2) is 0 Å². The first-order chi connectivity index (χ1) is 13.8. The lowest BCUT2D eigenvalue weighted by Crippen LogP contribution is -2.13. The first kappa shape index (κ1) is 17.5. The van der Waals surface area contributed by atoms with Gasteiger partial charge >= 0.3 is 0 Å². The Bertz CT molecular complexity index is 1060. The fraction of sp³-hybridized carbons (Fsp3) is 0.0435. The number of hydrogen-bond donors (Lipinski definition) is 1. The molecule has 0 fully saturated rings. The van der Waals surface area contributed by atoms with Crippen LogP contribution in [0.2, 0.25) is 0 Å². The molecule has 0 radical (unpaired) electrons. The molecular weight excluding hydrogens is 350 g/mol. The second-order valence-electron chi connectivity index (χ2n) is 6.27. The Balaban J connectivity index is 1.51. The molecule has 1 heterocycles. The summed E-state index contributed by atoms with van der Waals surface area (Å²) in [5.41, 5.74) is 2.25. The molecule has 0 bridgehead atoms. The maximum absolute atomic E-state index is 12.8. The number of para-hydroxylation sites is 2. The molecule has 1 aromatic heterocycles. The number of anilines is 1. The Kier molecular flexibility index (Phi) is 5.15. The van der Waals surface area contributed by atoms with Crippen LogP contribution in [0.1, 0.15) is 15.9 Å². The van der Waals surface area contributed by atoms with E-state index in [0.717, 1.165) is 11.3 Å². The van der Waals surface area contributed by atoms with Crippen molar-refractivity contribution in [1.29, 1.82) is 0 Å². The standard InChI is InChI=1S/C23H19N3O2/c27-23(21-12-4-5-13-22(21)28-20-10-2-1-3-11-20)25-19-9-6-8-18(16-19)17-26-15-7-14-24-26/h1-16H,17H2,(H,25,27).